The number of pyridine rings is 1. The predicted molar refractivity (Wildman–Crippen MR) is 165 cm³/mol. The highest BCUT2D eigenvalue weighted by Gasteiger charge is 2.46. The molecule has 1 aromatic carbocycles. The maximum Gasteiger partial charge on any atom is 0.292 e. The summed E-state index contributed by atoms with van der Waals surface area (Å²) in [7, 11) is -0.117. The van der Waals surface area contributed by atoms with Gasteiger partial charge in [0.2, 0.25) is 11.8 Å². The number of nitrogens with zero attached hydrogens (tertiary/aromatic N) is 8. The molecule has 4 aromatic heterocycles. The van der Waals surface area contributed by atoms with Crippen molar-refractivity contribution in [3.8, 4) is 22.4 Å². The van der Waals surface area contributed by atoms with Crippen molar-refractivity contribution in [2.45, 2.75) is 48.6 Å². The minimum Gasteiger partial charge on any atom is -0.382 e. The molecule has 3 atom stereocenters. The highest BCUT2D eigenvalue weighted by atomic mass is 32.2. The van der Waals surface area contributed by atoms with Gasteiger partial charge in [-0.15, -0.1) is 10.2 Å². The zero-order valence-corrected chi connectivity index (χ0v) is 25.4. The van der Waals surface area contributed by atoms with Gasteiger partial charge in [0, 0.05) is 61.2 Å². The van der Waals surface area contributed by atoms with Crippen molar-refractivity contribution < 1.29 is 13.2 Å². The Labute approximate surface area is 254 Å². The average Bonchev–Trinajstić information content (AvgIpc) is 3.73. The van der Waals surface area contributed by atoms with Crippen molar-refractivity contribution in [1.29, 1.82) is 0 Å². The number of anilines is 2. The number of nitrogens with one attached hydrogen (secondary N) is 1. The van der Waals surface area contributed by atoms with E-state index in [1.807, 2.05) is 61.5 Å². The van der Waals surface area contributed by atoms with E-state index in [0.717, 1.165) is 35.9 Å². The van der Waals surface area contributed by atoms with E-state index in [-0.39, 0.29) is 40.4 Å². The molecule has 2 aliphatic heterocycles. The summed E-state index contributed by atoms with van der Waals surface area (Å²) in [5.41, 5.74) is 10.7. The van der Waals surface area contributed by atoms with E-state index in [1.54, 1.807) is 17.3 Å². The van der Waals surface area contributed by atoms with Crippen LogP contribution in [0.3, 0.4) is 0 Å². The maximum absolute atomic E-state index is 13.5. The van der Waals surface area contributed by atoms with Gasteiger partial charge < -0.3 is 20.5 Å². The van der Waals surface area contributed by atoms with Crippen molar-refractivity contribution in [3.63, 3.8) is 0 Å². The van der Waals surface area contributed by atoms with Crippen LogP contribution in [0.4, 0.5) is 11.8 Å². The van der Waals surface area contributed by atoms with E-state index in [2.05, 4.69) is 25.3 Å². The van der Waals surface area contributed by atoms with Gasteiger partial charge in [0.1, 0.15) is 10.7 Å². The molecule has 0 unspecified atom stereocenters. The lowest BCUT2D eigenvalue weighted by atomic mass is 9.87. The van der Waals surface area contributed by atoms with Gasteiger partial charge in [0.05, 0.1) is 17.6 Å². The Morgan fingerprint density at radius 2 is 1.73 bits per heavy atom. The van der Waals surface area contributed by atoms with E-state index in [4.69, 9.17) is 10.7 Å². The monoisotopic (exact) mass is 612 g/mol. The van der Waals surface area contributed by atoms with E-state index < -0.39 is 9.84 Å². The molecule has 6 heterocycles. The number of rotatable bonds is 6. The van der Waals surface area contributed by atoms with Gasteiger partial charge in [-0.25, -0.2) is 13.4 Å². The topological polar surface area (TPSA) is 168 Å². The first-order valence-electron chi connectivity index (χ1n) is 14.4. The standard InChI is InChI=1S/C30H32N10O3S/c1-38(2)30-35-27(36-37-30)29(41)39-20-10-11-21(39)14-19(13-20)24-25(44(3,42)43)26(31)40-28(34-24)22(16-33-40)18-9-12-23(32-15-18)17-7-5-4-6-8-17/h4-9,12,15-16,19-21H,10-11,13-14,31H2,1-3H3,(H,35,36,37)/t19-,20-,21+. The Balaban J connectivity index is 1.25. The summed E-state index contributed by atoms with van der Waals surface area (Å²) < 4.78 is 27.7. The third-order valence-corrected chi connectivity index (χ3v) is 9.79. The number of nitrogens with two attached hydrogens (primary N) is 1. The summed E-state index contributed by atoms with van der Waals surface area (Å²) in [5, 5.41) is 12.6. The molecule has 14 heteroatoms. The second kappa shape index (κ2) is 10.4. The van der Waals surface area contributed by atoms with Gasteiger partial charge in [0.25, 0.3) is 5.91 Å². The van der Waals surface area contributed by atoms with Crippen molar-refractivity contribution in [2.75, 3.05) is 31.0 Å². The summed E-state index contributed by atoms with van der Waals surface area (Å²) in [6.45, 7) is 0. The molecule has 226 valence electrons. The molecule has 5 aromatic rings. The van der Waals surface area contributed by atoms with Gasteiger partial charge in [-0.1, -0.05) is 36.4 Å². The summed E-state index contributed by atoms with van der Waals surface area (Å²) in [4.78, 5) is 29.7. The smallest absolute Gasteiger partial charge is 0.292 e. The number of fused-ring (bicyclic) bond motifs is 3. The molecular formula is C30H32N10O3S. The number of H-pyrrole nitrogens is 1. The Morgan fingerprint density at radius 3 is 2.34 bits per heavy atom. The minimum absolute atomic E-state index is 0.00719. The Kier molecular flexibility index (Phi) is 6.61. The van der Waals surface area contributed by atoms with Crippen LogP contribution >= 0.6 is 0 Å². The quantitative estimate of drug-likeness (QED) is 0.290. The second-order valence-electron chi connectivity index (χ2n) is 11.7. The van der Waals surface area contributed by atoms with Crippen LogP contribution in [-0.2, 0) is 9.84 Å². The van der Waals surface area contributed by atoms with Crippen LogP contribution in [0.2, 0.25) is 0 Å². The molecule has 0 aliphatic carbocycles. The van der Waals surface area contributed by atoms with Crippen molar-refractivity contribution in [2.24, 2.45) is 0 Å². The number of carbonyl (C=O) groups is 1. The van der Waals surface area contributed by atoms with Crippen LogP contribution in [0.5, 0.6) is 0 Å². The first kappa shape index (κ1) is 28.0. The van der Waals surface area contributed by atoms with Gasteiger partial charge in [0.15, 0.2) is 15.5 Å². The molecule has 3 N–H and O–H groups in total. The van der Waals surface area contributed by atoms with E-state index in [1.165, 1.54) is 4.52 Å². The normalized spacial score (nSPS) is 19.9. The fourth-order valence-corrected chi connectivity index (χ4v) is 7.67. The van der Waals surface area contributed by atoms with Gasteiger partial charge in [-0.05, 0) is 31.7 Å². The van der Waals surface area contributed by atoms with E-state index in [0.29, 0.717) is 35.7 Å². The molecule has 13 nitrogen and oxygen atoms in total. The number of carbonyl (C=O) groups excluding carboxylic acids is 1. The predicted octanol–water partition coefficient (Wildman–Crippen LogP) is 3.18. The lowest BCUT2D eigenvalue weighted by Gasteiger charge is -2.38. The molecule has 7 rings (SSSR count). The second-order valence-corrected chi connectivity index (χ2v) is 13.7. The number of aromatic nitrogens is 7. The van der Waals surface area contributed by atoms with Gasteiger partial charge in [-0.3, -0.25) is 9.78 Å². The third kappa shape index (κ3) is 4.65. The zero-order valence-electron chi connectivity index (χ0n) is 24.5. The van der Waals surface area contributed by atoms with Crippen LogP contribution in [0, 0.1) is 0 Å². The van der Waals surface area contributed by atoms with Crippen LogP contribution in [0.25, 0.3) is 28.0 Å². The lowest BCUT2D eigenvalue weighted by Crippen LogP contribution is -2.46. The SMILES string of the molecule is CN(C)c1nnc(C(=O)N2[C@@H]3CC[C@H]2C[C@H](c2nc4c(-c5ccc(-c6ccccc6)nc5)cnn4c(N)c2S(C)(=O)=O)C3)[nH]1. The molecule has 2 saturated heterocycles. The Bertz CT molecular complexity index is 1970. The number of piperidine rings is 1. The van der Waals surface area contributed by atoms with Crippen molar-refractivity contribution in [3.05, 3.63) is 66.4 Å². The fourth-order valence-electron chi connectivity index (χ4n) is 6.62. The molecule has 1 amide bonds. The highest BCUT2D eigenvalue weighted by Crippen LogP contribution is 2.45. The number of hydrogen-bond donors (Lipinski definition) is 2. The minimum atomic E-state index is -3.76. The number of nitrogen functional groups attached to an aromatic ring is 1. The molecule has 0 radical (unpaired) electrons. The van der Waals surface area contributed by atoms with Gasteiger partial charge in [-0.2, -0.15) is 9.61 Å². The number of sulfone groups is 1. The summed E-state index contributed by atoms with van der Waals surface area (Å²) in [5.74, 6) is 0.300. The summed E-state index contributed by atoms with van der Waals surface area (Å²) >= 11 is 0. The van der Waals surface area contributed by atoms with Crippen molar-refractivity contribution in [1.82, 2.24) is 39.7 Å². The zero-order chi connectivity index (χ0) is 30.7. The van der Waals surface area contributed by atoms with Crippen LogP contribution < -0.4 is 10.6 Å². The molecule has 2 bridgehead atoms. The summed E-state index contributed by atoms with van der Waals surface area (Å²) in [6.07, 6.45) is 7.27. The molecule has 2 fully saturated rings. The average molecular weight is 613 g/mol. The molecule has 2 aliphatic rings. The maximum atomic E-state index is 13.5. The first-order chi connectivity index (χ1) is 21.1. The van der Waals surface area contributed by atoms with Crippen LogP contribution in [0.1, 0.15) is 47.9 Å². The number of amides is 1. The van der Waals surface area contributed by atoms with E-state index in [9.17, 15) is 13.2 Å². The molecule has 44 heavy (non-hydrogen) atoms. The van der Waals surface area contributed by atoms with E-state index >= 15 is 0 Å². The highest BCUT2D eigenvalue weighted by molar-refractivity contribution is 7.91. The summed E-state index contributed by atoms with van der Waals surface area (Å²) in [6, 6.07) is 13.6. The first-order valence-corrected chi connectivity index (χ1v) is 16.3. The van der Waals surface area contributed by atoms with Gasteiger partial charge >= 0.3 is 0 Å². The fraction of sp³-hybridized carbons (Fsp3) is 0.333. The number of benzene rings is 1. The van der Waals surface area contributed by atoms with Crippen LogP contribution in [-0.4, -0.2) is 86.4 Å². The van der Waals surface area contributed by atoms with Crippen molar-refractivity contribution >= 4 is 33.2 Å². The molecule has 0 saturated carbocycles. The Morgan fingerprint density at radius 1 is 1.00 bits per heavy atom. The Hall–Kier alpha value is -4.85. The molecular weight excluding hydrogens is 580 g/mol. The lowest BCUT2D eigenvalue weighted by molar-refractivity contribution is 0.0556. The third-order valence-electron chi connectivity index (χ3n) is 8.63. The number of hydrogen-bond acceptors (Lipinski definition) is 10. The largest absolute Gasteiger partial charge is 0.382 e. The number of aromatic amines is 1. The molecule has 0 spiro atoms. The van der Waals surface area contributed by atoms with Crippen LogP contribution in [0.15, 0.2) is 59.8 Å².